The van der Waals surface area contributed by atoms with Gasteiger partial charge in [-0.25, -0.2) is 18.7 Å². The number of hydrogen-bond acceptors (Lipinski definition) is 11. The van der Waals surface area contributed by atoms with E-state index in [1.54, 1.807) is 10.6 Å². The van der Waals surface area contributed by atoms with Crippen molar-refractivity contribution in [1.29, 1.82) is 5.26 Å². The second-order valence-electron chi connectivity index (χ2n) is 14.1. The number of ether oxygens (including phenoxy) is 2. The second kappa shape index (κ2) is 11.3. The first kappa shape index (κ1) is 30.2. The molecule has 3 aromatic heterocycles. The minimum Gasteiger partial charge on any atom is -0.475 e. The van der Waals surface area contributed by atoms with Gasteiger partial charge in [-0.3, -0.25) is 9.69 Å². The fraction of sp³-hybridized carbons (Fsp3) is 0.529. The van der Waals surface area contributed by atoms with Gasteiger partial charge in [-0.15, -0.1) is 0 Å². The number of nitrogens with one attached hydrogen (secondary N) is 1. The molecule has 2 bridgehead atoms. The Morgan fingerprint density at radius 1 is 1.21 bits per heavy atom. The van der Waals surface area contributed by atoms with E-state index in [4.69, 9.17) is 20.2 Å². The van der Waals surface area contributed by atoms with E-state index in [2.05, 4.69) is 26.2 Å². The maximum absolute atomic E-state index is 14.9. The van der Waals surface area contributed by atoms with Gasteiger partial charge in [0.25, 0.3) is 5.56 Å². The van der Waals surface area contributed by atoms with Crippen molar-refractivity contribution in [2.45, 2.75) is 62.4 Å². The molecule has 1 aromatic carbocycles. The largest absolute Gasteiger partial charge is 0.475 e. The first-order chi connectivity index (χ1) is 23.3. The molecule has 250 valence electrons. The molecule has 0 saturated carbocycles. The number of nitrogen functional groups attached to an aromatic ring is 1. The molecule has 5 saturated heterocycles. The summed E-state index contributed by atoms with van der Waals surface area (Å²) in [5.74, 6) is -0.179. The Hall–Kier alpha value is -3.90. The fourth-order valence-electron chi connectivity index (χ4n) is 8.74. The Labute approximate surface area is 279 Å². The van der Waals surface area contributed by atoms with Crippen molar-refractivity contribution in [3.63, 3.8) is 0 Å². The third-order valence-electron chi connectivity index (χ3n) is 11.0. The summed E-state index contributed by atoms with van der Waals surface area (Å²) in [6.07, 6.45) is 3.28. The number of anilines is 2. The van der Waals surface area contributed by atoms with Crippen molar-refractivity contribution >= 4 is 43.3 Å². The number of aromatic nitrogens is 3. The highest BCUT2D eigenvalue weighted by Gasteiger charge is 2.49. The van der Waals surface area contributed by atoms with Crippen molar-refractivity contribution in [3.8, 4) is 23.2 Å². The van der Waals surface area contributed by atoms with Gasteiger partial charge in [-0.05, 0) is 50.4 Å². The van der Waals surface area contributed by atoms with Crippen molar-refractivity contribution in [1.82, 2.24) is 24.8 Å². The van der Waals surface area contributed by atoms with Gasteiger partial charge in [0.2, 0.25) is 5.88 Å². The summed E-state index contributed by atoms with van der Waals surface area (Å²) >= 11 is 1.06. The van der Waals surface area contributed by atoms with Crippen LogP contribution in [0.25, 0.3) is 32.4 Å². The van der Waals surface area contributed by atoms with Crippen LogP contribution in [0.5, 0.6) is 5.88 Å². The van der Waals surface area contributed by atoms with Crippen molar-refractivity contribution in [2.75, 3.05) is 56.6 Å². The predicted octanol–water partition coefficient (Wildman–Crippen LogP) is 3.81. The number of benzene rings is 1. The molecule has 5 fully saturated rings. The Kier molecular flexibility index (Phi) is 7.13. The summed E-state index contributed by atoms with van der Waals surface area (Å²) in [6.45, 7) is 4.10. The van der Waals surface area contributed by atoms with Crippen LogP contribution < -0.4 is 26.2 Å². The normalized spacial score (nSPS) is 27.1. The first-order valence-corrected chi connectivity index (χ1v) is 17.6. The van der Waals surface area contributed by atoms with Crippen LogP contribution in [0.15, 0.2) is 23.0 Å². The molecule has 48 heavy (non-hydrogen) atoms. The van der Waals surface area contributed by atoms with Gasteiger partial charge in [-0.2, -0.15) is 5.26 Å². The lowest BCUT2D eigenvalue weighted by atomic mass is 9.95. The Morgan fingerprint density at radius 3 is 2.77 bits per heavy atom. The molecule has 4 aromatic rings. The molecule has 3 N–H and O–H groups in total. The molecule has 5 aliphatic heterocycles. The van der Waals surface area contributed by atoms with E-state index >= 15 is 0 Å². The Balaban J connectivity index is 1.26. The summed E-state index contributed by atoms with van der Waals surface area (Å²) in [7, 11) is 0. The summed E-state index contributed by atoms with van der Waals surface area (Å²) < 4.78 is 43.5. The quantitative estimate of drug-likeness (QED) is 0.298. The number of nitrogens with two attached hydrogens (primary N) is 1. The van der Waals surface area contributed by atoms with Gasteiger partial charge in [0.15, 0.2) is 5.13 Å². The van der Waals surface area contributed by atoms with E-state index in [1.807, 2.05) is 6.07 Å². The minimum atomic E-state index is -0.921. The van der Waals surface area contributed by atoms with Crippen LogP contribution in [0.1, 0.15) is 37.7 Å². The van der Waals surface area contributed by atoms with Gasteiger partial charge in [0.1, 0.15) is 30.2 Å². The summed E-state index contributed by atoms with van der Waals surface area (Å²) in [6, 6.07) is 7.68. The van der Waals surface area contributed by atoms with Gasteiger partial charge < -0.3 is 30.0 Å². The average Bonchev–Trinajstić information content (AvgIpc) is 3.79. The summed E-state index contributed by atoms with van der Waals surface area (Å²) in [4.78, 5) is 28.6. The maximum Gasteiger partial charge on any atom is 0.262 e. The molecule has 11 nitrogen and oxygen atoms in total. The number of fused-ring (bicyclic) bond motifs is 5. The zero-order chi connectivity index (χ0) is 32.7. The number of thiazole rings is 1. The number of halogens is 2. The molecular weight excluding hydrogens is 638 g/mol. The van der Waals surface area contributed by atoms with E-state index in [0.717, 1.165) is 43.6 Å². The lowest BCUT2D eigenvalue weighted by Crippen LogP contribution is -2.51. The number of pyridine rings is 2. The Morgan fingerprint density at radius 2 is 2.02 bits per heavy atom. The minimum absolute atomic E-state index is 0.110. The smallest absolute Gasteiger partial charge is 0.262 e. The van der Waals surface area contributed by atoms with E-state index < -0.39 is 17.5 Å². The van der Waals surface area contributed by atoms with Crippen molar-refractivity contribution < 1.29 is 18.3 Å². The number of nitriles is 1. The number of nitrogens with zero attached hydrogens (tertiary/aromatic N) is 6. The van der Waals surface area contributed by atoms with Crippen LogP contribution in [-0.4, -0.2) is 89.2 Å². The second-order valence-corrected chi connectivity index (χ2v) is 15.1. The molecule has 5 aliphatic rings. The van der Waals surface area contributed by atoms with Gasteiger partial charge >= 0.3 is 0 Å². The maximum atomic E-state index is 14.9. The van der Waals surface area contributed by atoms with Crippen LogP contribution in [-0.2, 0) is 11.3 Å². The first-order valence-electron chi connectivity index (χ1n) is 16.8. The average molecular weight is 675 g/mol. The Bertz CT molecular complexity index is 2050. The molecule has 14 heteroatoms. The van der Waals surface area contributed by atoms with Crippen molar-refractivity contribution in [3.05, 3.63) is 39.9 Å². The summed E-state index contributed by atoms with van der Waals surface area (Å²) in [5.41, 5.74) is 7.91. The highest BCUT2D eigenvalue weighted by atomic mass is 32.1. The highest BCUT2D eigenvalue weighted by Crippen LogP contribution is 2.43. The molecule has 2 unspecified atom stereocenters. The number of hydrogen-bond donors (Lipinski definition) is 2. The molecule has 0 amide bonds. The van der Waals surface area contributed by atoms with Crippen LogP contribution in [0.4, 0.5) is 19.6 Å². The molecular formula is C34H36F2N8O3S. The van der Waals surface area contributed by atoms with E-state index in [0.29, 0.717) is 83.9 Å². The third-order valence-corrected chi connectivity index (χ3v) is 11.9. The lowest BCUT2D eigenvalue weighted by molar-refractivity contribution is -0.0395. The molecule has 0 radical (unpaired) electrons. The van der Waals surface area contributed by atoms with Crippen molar-refractivity contribution in [2.24, 2.45) is 5.92 Å². The predicted molar refractivity (Wildman–Crippen MR) is 179 cm³/mol. The number of piperazine rings is 1. The summed E-state index contributed by atoms with van der Waals surface area (Å²) in [5, 5.41) is 15.0. The van der Waals surface area contributed by atoms with Gasteiger partial charge in [0.05, 0.1) is 51.3 Å². The highest BCUT2D eigenvalue weighted by molar-refractivity contribution is 7.22. The van der Waals surface area contributed by atoms with E-state index in [-0.39, 0.29) is 46.7 Å². The van der Waals surface area contributed by atoms with Gasteiger partial charge in [-0.1, -0.05) is 11.3 Å². The zero-order valence-electron chi connectivity index (χ0n) is 26.4. The van der Waals surface area contributed by atoms with E-state index in [1.165, 1.54) is 6.07 Å². The van der Waals surface area contributed by atoms with Crippen LogP contribution in [0.3, 0.4) is 0 Å². The van der Waals surface area contributed by atoms with E-state index in [9.17, 15) is 18.8 Å². The SMILES string of the molecule is N#Cc1c(OC[C@@]23CCCN2C[C@H](F)C3)nc2cc(-c3ccc(F)c4sc(N)nc34)n(CC3COC3)c(=O)c2c1N1CC2CCC(C1)N2. The number of alkyl halides is 1. The lowest BCUT2D eigenvalue weighted by Gasteiger charge is -2.36. The zero-order valence-corrected chi connectivity index (χ0v) is 27.2. The third kappa shape index (κ3) is 4.77. The molecule has 0 aliphatic carbocycles. The molecule has 9 rings (SSSR count). The fourth-order valence-corrected chi connectivity index (χ4v) is 9.50. The molecule has 0 spiro atoms. The number of rotatable bonds is 7. The monoisotopic (exact) mass is 674 g/mol. The molecule has 8 heterocycles. The van der Waals surface area contributed by atoms with Crippen LogP contribution in [0.2, 0.25) is 0 Å². The van der Waals surface area contributed by atoms with Crippen LogP contribution >= 0.6 is 11.3 Å². The molecule has 4 atom stereocenters. The van der Waals surface area contributed by atoms with Crippen LogP contribution in [0, 0.1) is 23.1 Å². The standard InChI is InChI=1S/C34H36F2N8O3S/c35-19-9-34(6-1-7-43(34)12-19)17-47-31-23(10-37)29(42-13-20-2-3-21(14-42)39-20)27-25(40-31)8-26(44(32(27)45)11-18-15-46-16-18)22-4-5-24(36)30-28(22)41-33(38)48-30/h4-5,8,18-21,39H,1-3,6-7,9,11-17H2,(H2,38,41)/t19-,20?,21?,34+/m1/s1. The topological polar surface area (TPSA) is 135 Å². The van der Waals surface area contributed by atoms with Gasteiger partial charge in [0, 0.05) is 56.2 Å².